The molecule has 1 heterocycles. The number of amides is 3. The Morgan fingerprint density at radius 1 is 1.03 bits per heavy atom. The molecular weight excluding hydrogens is 416 g/mol. The molecule has 0 bridgehead atoms. The summed E-state index contributed by atoms with van der Waals surface area (Å²) in [6.45, 7) is 0.0351. The van der Waals surface area contributed by atoms with Crippen LogP contribution in [0.2, 0.25) is 0 Å². The molecule has 0 aromatic heterocycles. The van der Waals surface area contributed by atoms with E-state index < -0.39 is 12.0 Å². The first-order valence-electron chi connectivity index (χ1n) is 10.8. The molecule has 174 valence electrons. The molecule has 1 saturated carbocycles. The maximum atomic E-state index is 12.7. The molecule has 9 nitrogen and oxygen atoms in total. The first kappa shape index (κ1) is 23.6. The van der Waals surface area contributed by atoms with Crippen LogP contribution in [0.5, 0.6) is 11.5 Å². The highest BCUT2D eigenvalue weighted by Gasteiger charge is 2.47. The quantitative estimate of drug-likeness (QED) is 0.456. The van der Waals surface area contributed by atoms with Crippen LogP contribution in [0.1, 0.15) is 50.1 Å². The molecule has 1 aliphatic carbocycles. The van der Waals surface area contributed by atoms with E-state index in [2.05, 4.69) is 5.32 Å². The number of carbonyl (C=O) groups excluding carboxylic acids is 4. The highest BCUT2D eigenvalue weighted by molar-refractivity contribution is 6.05. The molecule has 1 aromatic rings. The van der Waals surface area contributed by atoms with E-state index in [0.717, 1.165) is 25.7 Å². The first-order chi connectivity index (χ1) is 15.4. The standard InChI is InChI=1S/C23H30N2O7/c1-30-18-9-8-14(12-19(18)31-2)17(13-21(27)32-3)24-20(26)10-11-25-22(28)15-6-4-5-7-16(15)23(25)29/h8-9,12,15-17H,4-7,10-11,13H2,1-3H3,(H,24,26). The molecule has 3 unspecified atom stereocenters. The molecule has 0 spiro atoms. The topological polar surface area (TPSA) is 111 Å². The van der Waals surface area contributed by atoms with E-state index in [9.17, 15) is 19.2 Å². The van der Waals surface area contributed by atoms with Crippen LogP contribution in [0, 0.1) is 11.8 Å². The molecule has 1 saturated heterocycles. The highest BCUT2D eigenvalue weighted by Crippen LogP contribution is 2.38. The molecule has 9 heteroatoms. The van der Waals surface area contributed by atoms with Gasteiger partial charge in [-0.3, -0.25) is 24.1 Å². The smallest absolute Gasteiger partial charge is 0.307 e. The minimum absolute atomic E-state index is 0.0351. The van der Waals surface area contributed by atoms with Gasteiger partial charge < -0.3 is 19.5 Å². The van der Waals surface area contributed by atoms with E-state index in [1.54, 1.807) is 18.2 Å². The molecule has 3 amide bonds. The summed E-state index contributed by atoms with van der Waals surface area (Å²) in [7, 11) is 4.29. The van der Waals surface area contributed by atoms with Crippen LogP contribution in [0.15, 0.2) is 18.2 Å². The summed E-state index contributed by atoms with van der Waals surface area (Å²) in [5, 5.41) is 2.82. The highest BCUT2D eigenvalue weighted by atomic mass is 16.5. The molecule has 1 aliphatic heterocycles. The van der Waals surface area contributed by atoms with Gasteiger partial charge in [-0.15, -0.1) is 0 Å². The fourth-order valence-corrected chi connectivity index (χ4v) is 4.50. The van der Waals surface area contributed by atoms with Crippen molar-refractivity contribution in [1.82, 2.24) is 10.2 Å². The Labute approximate surface area is 187 Å². The summed E-state index contributed by atoms with van der Waals surface area (Å²) in [4.78, 5) is 51.1. The largest absolute Gasteiger partial charge is 0.493 e. The number of fused-ring (bicyclic) bond motifs is 1. The van der Waals surface area contributed by atoms with Gasteiger partial charge in [0.2, 0.25) is 17.7 Å². The lowest BCUT2D eigenvalue weighted by Crippen LogP contribution is -2.37. The second kappa shape index (κ2) is 10.5. The number of nitrogens with zero attached hydrogens (tertiary/aromatic N) is 1. The van der Waals surface area contributed by atoms with Crippen LogP contribution < -0.4 is 14.8 Å². The predicted molar refractivity (Wildman–Crippen MR) is 114 cm³/mol. The van der Waals surface area contributed by atoms with Gasteiger partial charge in [0, 0.05) is 13.0 Å². The number of nitrogens with one attached hydrogen (secondary N) is 1. The van der Waals surface area contributed by atoms with Crippen molar-refractivity contribution in [3.63, 3.8) is 0 Å². The van der Waals surface area contributed by atoms with Gasteiger partial charge in [0.1, 0.15) is 0 Å². The van der Waals surface area contributed by atoms with E-state index in [1.165, 1.54) is 26.2 Å². The van der Waals surface area contributed by atoms with Crippen LogP contribution in [-0.2, 0) is 23.9 Å². The summed E-state index contributed by atoms with van der Waals surface area (Å²) in [6.07, 6.45) is 3.26. The van der Waals surface area contributed by atoms with E-state index in [1.807, 2.05) is 0 Å². The van der Waals surface area contributed by atoms with Crippen LogP contribution in [0.3, 0.4) is 0 Å². The number of esters is 1. The molecule has 1 N–H and O–H groups in total. The van der Waals surface area contributed by atoms with Gasteiger partial charge in [-0.25, -0.2) is 0 Å². The van der Waals surface area contributed by atoms with Gasteiger partial charge in [-0.1, -0.05) is 18.9 Å². The van der Waals surface area contributed by atoms with Gasteiger partial charge in [-0.05, 0) is 30.5 Å². The summed E-state index contributed by atoms with van der Waals surface area (Å²) >= 11 is 0. The Kier molecular flexibility index (Phi) is 7.71. The van der Waals surface area contributed by atoms with Gasteiger partial charge in [0.15, 0.2) is 11.5 Å². The van der Waals surface area contributed by atoms with Crippen molar-refractivity contribution in [1.29, 1.82) is 0 Å². The van der Waals surface area contributed by atoms with Crippen LogP contribution in [-0.4, -0.2) is 56.5 Å². The number of rotatable bonds is 9. The fraction of sp³-hybridized carbons (Fsp3) is 0.565. The lowest BCUT2D eigenvalue weighted by atomic mass is 9.81. The number of benzene rings is 1. The zero-order chi connectivity index (χ0) is 23.3. The average molecular weight is 447 g/mol. The second-order valence-electron chi connectivity index (χ2n) is 8.09. The Hall–Kier alpha value is -3.10. The van der Waals surface area contributed by atoms with Gasteiger partial charge in [-0.2, -0.15) is 0 Å². The lowest BCUT2D eigenvalue weighted by Gasteiger charge is -2.21. The molecule has 1 aromatic carbocycles. The number of hydrogen-bond acceptors (Lipinski definition) is 7. The third-order valence-corrected chi connectivity index (χ3v) is 6.24. The number of hydrogen-bond donors (Lipinski definition) is 1. The zero-order valence-corrected chi connectivity index (χ0v) is 18.7. The molecule has 3 rings (SSSR count). The number of imide groups is 1. The minimum Gasteiger partial charge on any atom is -0.493 e. The van der Waals surface area contributed by atoms with Gasteiger partial charge in [0.25, 0.3) is 0 Å². The normalized spacial score (nSPS) is 21.0. The Balaban J connectivity index is 1.67. The Morgan fingerprint density at radius 3 is 2.22 bits per heavy atom. The van der Waals surface area contributed by atoms with Crippen LogP contribution in [0.25, 0.3) is 0 Å². The maximum Gasteiger partial charge on any atom is 0.307 e. The summed E-state index contributed by atoms with van der Waals surface area (Å²) in [5.41, 5.74) is 0.640. The Morgan fingerprint density at radius 2 is 1.66 bits per heavy atom. The van der Waals surface area contributed by atoms with Crippen molar-refractivity contribution >= 4 is 23.7 Å². The second-order valence-corrected chi connectivity index (χ2v) is 8.09. The van der Waals surface area contributed by atoms with Crippen LogP contribution >= 0.6 is 0 Å². The summed E-state index contributed by atoms with van der Waals surface area (Å²) < 4.78 is 15.3. The van der Waals surface area contributed by atoms with Crippen molar-refractivity contribution in [3.8, 4) is 11.5 Å². The molecular formula is C23H30N2O7. The summed E-state index contributed by atoms with van der Waals surface area (Å²) in [6, 6.07) is 4.44. The predicted octanol–water partition coefficient (Wildman–Crippen LogP) is 1.99. The maximum absolute atomic E-state index is 12.7. The van der Waals surface area contributed by atoms with Crippen molar-refractivity contribution in [3.05, 3.63) is 23.8 Å². The lowest BCUT2D eigenvalue weighted by molar-refractivity contribution is -0.141. The minimum atomic E-state index is -0.665. The van der Waals surface area contributed by atoms with E-state index >= 15 is 0 Å². The number of methoxy groups -OCH3 is 3. The van der Waals surface area contributed by atoms with E-state index in [0.29, 0.717) is 17.1 Å². The molecule has 32 heavy (non-hydrogen) atoms. The van der Waals surface area contributed by atoms with Gasteiger partial charge in [0.05, 0.1) is 45.6 Å². The number of ether oxygens (including phenoxy) is 3. The SMILES string of the molecule is COC(=O)CC(NC(=O)CCN1C(=O)C2CCCCC2C1=O)c1ccc(OC)c(OC)c1. The molecule has 3 atom stereocenters. The van der Waals surface area contributed by atoms with E-state index in [4.69, 9.17) is 14.2 Å². The molecule has 2 aliphatic rings. The number of carbonyl (C=O) groups is 4. The van der Waals surface area contributed by atoms with Gasteiger partial charge >= 0.3 is 5.97 Å². The van der Waals surface area contributed by atoms with E-state index in [-0.39, 0.29) is 48.9 Å². The Bertz CT molecular complexity index is 861. The van der Waals surface area contributed by atoms with Crippen molar-refractivity contribution in [2.24, 2.45) is 11.8 Å². The monoisotopic (exact) mass is 446 g/mol. The van der Waals surface area contributed by atoms with Crippen molar-refractivity contribution in [2.45, 2.75) is 44.6 Å². The third kappa shape index (κ3) is 5.03. The molecule has 0 radical (unpaired) electrons. The van der Waals surface area contributed by atoms with Crippen LogP contribution in [0.4, 0.5) is 0 Å². The van der Waals surface area contributed by atoms with Crippen molar-refractivity contribution < 1.29 is 33.4 Å². The third-order valence-electron chi connectivity index (χ3n) is 6.24. The summed E-state index contributed by atoms with van der Waals surface area (Å²) in [5.74, 6) is -0.687. The van der Waals surface area contributed by atoms with Crippen molar-refractivity contribution in [2.75, 3.05) is 27.9 Å². The number of likely N-dealkylation sites (tertiary alicyclic amines) is 1. The first-order valence-corrected chi connectivity index (χ1v) is 10.8. The molecule has 2 fully saturated rings. The fourth-order valence-electron chi connectivity index (χ4n) is 4.50. The average Bonchev–Trinajstić information content (AvgIpc) is 3.06. The zero-order valence-electron chi connectivity index (χ0n) is 18.7.